The van der Waals surface area contributed by atoms with Gasteiger partial charge in [-0.25, -0.2) is 0 Å². The fraction of sp³-hybridized carbons (Fsp3) is 0.846. The Balaban J connectivity index is 2.92. The lowest BCUT2D eigenvalue weighted by molar-refractivity contribution is 0.0726. The largest absolute Gasteiger partial charge is 0.312 e. The molecule has 0 radical (unpaired) electrons. The van der Waals surface area contributed by atoms with Crippen molar-refractivity contribution in [2.45, 2.75) is 50.6 Å². The minimum absolute atomic E-state index is 0.291. The molecule has 1 saturated carbocycles. The van der Waals surface area contributed by atoms with Gasteiger partial charge in [0, 0.05) is 11.6 Å². The van der Waals surface area contributed by atoms with Gasteiger partial charge in [0.25, 0.3) is 0 Å². The van der Waals surface area contributed by atoms with E-state index in [0.29, 0.717) is 11.6 Å². The number of rotatable bonds is 4. The van der Waals surface area contributed by atoms with E-state index in [4.69, 9.17) is 0 Å². The molecule has 0 aromatic carbocycles. The highest BCUT2D eigenvalue weighted by Crippen LogP contribution is 2.36. The molecule has 0 spiro atoms. The lowest BCUT2D eigenvalue weighted by Gasteiger charge is -2.48. The summed E-state index contributed by atoms with van der Waals surface area (Å²) in [6, 6.07) is 0.424. The van der Waals surface area contributed by atoms with Gasteiger partial charge in [-0.05, 0) is 40.9 Å². The minimum Gasteiger partial charge on any atom is -0.312 e. The molecule has 88 valence electrons. The molecule has 0 saturated heterocycles. The number of hydrogen-bond acceptors (Lipinski definition) is 2. The predicted molar refractivity (Wildman–Crippen MR) is 67.2 cm³/mol. The second-order valence-corrected chi connectivity index (χ2v) is 5.13. The van der Waals surface area contributed by atoms with Crippen molar-refractivity contribution in [3.63, 3.8) is 0 Å². The fourth-order valence-electron chi connectivity index (χ4n) is 3.13. The molecule has 1 aliphatic rings. The predicted octanol–water partition coefficient (Wildman–Crippen LogP) is 2.42. The van der Waals surface area contributed by atoms with Gasteiger partial charge in [0.1, 0.15) is 0 Å². The Bertz CT molecular complexity index is 215. The summed E-state index contributed by atoms with van der Waals surface area (Å²) in [7, 11) is 6.47. The van der Waals surface area contributed by atoms with Crippen molar-refractivity contribution >= 4 is 0 Å². The summed E-state index contributed by atoms with van der Waals surface area (Å²) in [5, 5.41) is 3.45. The molecular weight excluding hydrogens is 184 g/mol. The highest BCUT2D eigenvalue weighted by atomic mass is 15.2. The van der Waals surface area contributed by atoms with E-state index in [1.807, 2.05) is 0 Å². The standard InChI is InChI=1S/C13H26N2/c1-11(2)12(14-3)13(15(4)5)9-7-6-8-10-13/h12,14H,1,6-10H2,2-5H3. The molecule has 1 atom stereocenters. The van der Waals surface area contributed by atoms with Crippen molar-refractivity contribution in [1.29, 1.82) is 0 Å². The van der Waals surface area contributed by atoms with Crippen LogP contribution in [0.1, 0.15) is 39.0 Å². The first kappa shape index (κ1) is 12.7. The maximum atomic E-state index is 4.14. The maximum Gasteiger partial charge on any atom is 0.0458 e. The van der Waals surface area contributed by atoms with E-state index in [0.717, 1.165) is 0 Å². The average Bonchev–Trinajstić information content (AvgIpc) is 2.19. The molecule has 0 aromatic rings. The first-order chi connectivity index (χ1) is 7.04. The summed E-state index contributed by atoms with van der Waals surface area (Å²) < 4.78 is 0. The summed E-state index contributed by atoms with van der Waals surface area (Å²) in [4.78, 5) is 2.40. The molecule has 1 fully saturated rings. The second kappa shape index (κ2) is 5.13. The molecule has 0 amide bonds. The first-order valence-electron chi connectivity index (χ1n) is 6.04. The fourth-order valence-corrected chi connectivity index (χ4v) is 3.13. The number of nitrogens with zero attached hydrogens (tertiary/aromatic N) is 1. The third-order valence-electron chi connectivity index (χ3n) is 3.93. The quantitative estimate of drug-likeness (QED) is 0.717. The normalized spacial score (nSPS) is 22.7. The molecule has 0 aromatic heterocycles. The van der Waals surface area contributed by atoms with Gasteiger partial charge in [0.2, 0.25) is 0 Å². The molecule has 1 unspecified atom stereocenters. The zero-order chi connectivity index (χ0) is 11.5. The Kier molecular flexibility index (Phi) is 4.35. The molecular formula is C13H26N2. The third-order valence-corrected chi connectivity index (χ3v) is 3.93. The van der Waals surface area contributed by atoms with Crippen LogP contribution >= 0.6 is 0 Å². The maximum absolute atomic E-state index is 4.14. The van der Waals surface area contributed by atoms with Gasteiger partial charge in [-0.3, -0.25) is 0 Å². The summed E-state index contributed by atoms with van der Waals surface area (Å²) in [5.41, 5.74) is 1.55. The van der Waals surface area contributed by atoms with Crippen LogP contribution in [-0.4, -0.2) is 37.6 Å². The van der Waals surface area contributed by atoms with Crippen molar-refractivity contribution in [2.24, 2.45) is 0 Å². The van der Waals surface area contributed by atoms with Gasteiger partial charge in [0.15, 0.2) is 0 Å². The first-order valence-corrected chi connectivity index (χ1v) is 6.04. The van der Waals surface area contributed by atoms with Crippen molar-refractivity contribution in [2.75, 3.05) is 21.1 Å². The van der Waals surface area contributed by atoms with E-state index in [-0.39, 0.29) is 0 Å². The Hall–Kier alpha value is -0.340. The summed E-state index contributed by atoms with van der Waals surface area (Å²) in [6.07, 6.45) is 6.67. The van der Waals surface area contributed by atoms with Crippen LogP contribution in [0.3, 0.4) is 0 Å². The van der Waals surface area contributed by atoms with Crippen LogP contribution in [0.15, 0.2) is 12.2 Å². The van der Waals surface area contributed by atoms with Crippen LogP contribution in [0.5, 0.6) is 0 Å². The van der Waals surface area contributed by atoms with E-state index < -0.39 is 0 Å². The SMILES string of the molecule is C=C(C)C(NC)C1(N(C)C)CCCCC1. The number of likely N-dealkylation sites (N-methyl/N-ethyl adjacent to an activating group) is 2. The van der Waals surface area contributed by atoms with Crippen LogP contribution in [0.25, 0.3) is 0 Å². The van der Waals surface area contributed by atoms with Crippen LogP contribution in [-0.2, 0) is 0 Å². The number of hydrogen-bond donors (Lipinski definition) is 1. The smallest absolute Gasteiger partial charge is 0.0458 e. The lowest BCUT2D eigenvalue weighted by Crippen LogP contribution is -2.59. The van der Waals surface area contributed by atoms with E-state index in [1.54, 1.807) is 0 Å². The lowest BCUT2D eigenvalue weighted by atomic mass is 9.73. The van der Waals surface area contributed by atoms with Gasteiger partial charge in [-0.1, -0.05) is 31.4 Å². The Morgan fingerprint density at radius 1 is 1.27 bits per heavy atom. The minimum atomic E-state index is 0.291. The Labute approximate surface area is 94.7 Å². The van der Waals surface area contributed by atoms with E-state index in [2.05, 4.69) is 44.9 Å². The number of nitrogens with one attached hydrogen (secondary N) is 1. The highest BCUT2D eigenvalue weighted by molar-refractivity contribution is 5.15. The summed E-state index contributed by atoms with van der Waals surface area (Å²) in [6.45, 7) is 6.28. The van der Waals surface area contributed by atoms with E-state index in [9.17, 15) is 0 Å². The van der Waals surface area contributed by atoms with Crippen LogP contribution in [0.4, 0.5) is 0 Å². The molecule has 0 bridgehead atoms. The van der Waals surface area contributed by atoms with Gasteiger partial charge in [-0.2, -0.15) is 0 Å². The molecule has 1 rings (SSSR count). The van der Waals surface area contributed by atoms with Crippen molar-refractivity contribution in [3.05, 3.63) is 12.2 Å². The van der Waals surface area contributed by atoms with Crippen molar-refractivity contribution < 1.29 is 0 Å². The Morgan fingerprint density at radius 2 is 1.80 bits per heavy atom. The van der Waals surface area contributed by atoms with Crippen LogP contribution < -0.4 is 5.32 Å². The van der Waals surface area contributed by atoms with Crippen molar-refractivity contribution in [3.8, 4) is 0 Å². The summed E-state index contributed by atoms with van der Waals surface area (Å²) in [5.74, 6) is 0. The van der Waals surface area contributed by atoms with Gasteiger partial charge in [0.05, 0.1) is 0 Å². The van der Waals surface area contributed by atoms with Crippen LogP contribution in [0, 0.1) is 0 Å². The van der Waals surface area contributed by atoms with Crippen molar-refractivity contribution in [1.82, 2.24) is 10.2 Å². The molecule has 2 heteroatoms. The molecule has 2 nitrogen and oxygen atoms in total. The average molecular weight is 210 g/mol. The third kappa shape index (κ3) is 2.43. The molecule has 0 aliphatic heterocycles. The molecule has 1 N–H and O–H groups in total. The molecule has 0 heterocycles. The zero-order valence-corrected chi connectivity index (χ0v) is 10.8. The summed E-state index contributed by atoms with van der Waals surface area (Å²) >= 11 is 0. The monoisotopic (exact) mass is 210 g/mol. The Morgan fingerprint density at radius 3 is 2.13 bits per heavy atom. The highest BCUT2D eigenvalue weighted by Gasteiger charge is 2.41. The molecule has 1 aliphatic carbocycles. The zero-order valence-electron chi connectivity index (χ0n) is 10.8. The van der Waals surface area contributed by atoms with E-state index >= 15 is 0 Å². The van der Waals surface area contributed by atoms with Gasteiger partial charge < -0.3 is 10.2 Å². The van der Waals surface area contributed by atoms with E-state index in [1.165, 1.54) is 37.7 Å². The van der Waals surface area contributed by atoms with Gasteiger partial charge >= 0.3 is 0 Å². The van der Waals surface area contributed by atoms with Gasteiger partial charge in [-0.15, -0.1) is 0 Å². The molecule has 15 heavy (non-hydrogen) atoms. The second-order valence-electron chi connectivity index (χ2n) is 5.13. The topological polar surface area (TPSA) is 15.3 Å². The van der Waals surface area contributed by atoms with Crippen LogP contribution in [0.2, 0.25) is 0 Å².